The summed E-state index contributed by atoms with van der Waals surface area (Å²) in [6, 6.07) is 14.0. The van der Waals surface area contributed by atoms with Gasteiger partial charge in [0.2, 0.25) is 11.8 Å². The lowest BCUT2D eigenvalue weighted by Crippen LogP contribution is -2.28. The second-order valence-electron chi connectivity index (χ2n) is 7.27. The van der Waals surface area contributed by atoms with E-state index in [1.54, 1.807) is 16.7 Å². The van der Waals surface area contributed by atoms with Crippen LogP contribution in [0.5, 0.6) is 0 Å². The normalized spacial score (nSPS) is 18.5. The molecule has 5 nitrogen and oxygen atoms in total. The third kappa shape index (κ3) is 3.61. The van der Waals surface area contributed by atoms with Gasteiger partial charge in [-0.15, -0.1) is 11.8 Å². The van der Waals surface area contributed by atoms with Gasteiger partial charge >= 0.3 is 0 Å². The van der Waals surface area contributed by atoms with Crippen LogP contribution in [-0.4, -0.2) is 37.7 Å². The Hall–Kier alpha value is -2.47. The number of anilines is 3. The van der Waals surface area contributed by atoms with E-state index in [1.807, 2.05) is 36.6 Å². The summed E-state index contributed by atoms with van der Waals surface area (Å²) in [7, 11) is 0. The minimum atomic E-state index is -0.330. The van der Waals surface area contributed by atoms with E-state index in [0.29, 0.717) is 6.54 Å². The third-order valence-corrected chi connectivity index (χ3v) is 6.35. The standard InChI is InChI=1S/C22H25N3O2S/c1-3-24-11-10-15-4-5-17(13-20(15)24)23-22(27)16-12-21(26)25(14-16)18-6-8-19(28-2)9-7-18/h4-9,13,16H,3,10-12,14H2,1-2H3,(H,23,27). The van der Waals surface area contributed by atoms with Crippen LogP contribution in [0.25, 0.3) is 0 Å². The van der Waals surface area contributed by atoms with Gasteiger partial charge in [0.1, 0.15) is 0 Å². The molecule has 28 heavy (non-hydrogen) atoms. The van der Waals surface area contributed by atoms with Gasteiger partial charge in [-0.05, 0) is 61.6 Å². The van der Waals surface area contributed by atoms with Crippen molar-refractivity contribution in [2.45, 2.75) is 24.7 Å². The molecule has 2 amide bonds. The van der Waals surface area contributed by atoms with Crippen LogP contribution in [0.2, 0.25) is 0 Å². The number of rotatable bonds is 5. The molecule has 2 aliphatic rings. The molecular formula is C22H25N3O2S. The molecule has 0 spiro atoms. The molecule has 1 unspecified atom stereocenters. The van der Waals surface area contributed by atoms with Gasteiger partial charge in [0, 0.05) is 48.0 Å². The van der Waals surface area contributed by atoms with Crippen LogP contribution in [-0.2, 0) is 16.0 Å². The van der Waals surface area contributed by atoms with E-state index >= 15 is 0 Å². The van der Waals surface area contributed by atoms with Gasteiger partial charge in [0.05, 0.1) is 5.92 Å². The molecule has 0 bridgehead atoms. The zero-order chi connectivity index (χ0) is 19.7. The fraction of sp³-hybridized carbons (Fsp3) is 0.364. The molecule has 1 N–H and O–H groups in total. The summed E-state index contributed by atoms with van der Waals surface area (Å²) in [4.78, 5) is 30.4. The molecule has 1 saturated heterocycles. The number of likely N-dealkylation sites (N-methyl/N-ethyl adjacent to an activating group) is 1. The molecule has 0 radical (unpaired) electrons. The molecule has 2 aliphatic heterocycles. The van der Waals surface area contributed by atoms with Crippen LogP contribution in [0, 0.1) is 5.92 Å². The molecule has 146 valence electrons. The van der Waals surface area contributed by atoms with Crippen molar-refractivity contribution in [2.75, 3.05) is 41.0 Å². The summed E-state index contributed by atoms with van der Waals surface area (Å²) in [6.45, 7) is 4.57. The Labute approximate surface area is 170 Å². The van der Waals surface area contributed by atoms with E-state index in [9.17, 15) is 9.59 Å². The number of benzene rings is 2. The summed E-state index contributed by atoms with van der Waals surface area (Å²) in [5.74, 6) is -0.413. The maximum absolute atomic E-state index is 12.8. The summed E-state index contributed by atoms with van der Waals surface area (Å²) < 4.78 is 0. The van der Waals surface area contributed by atoms with Gasteiger partial charge in [0.15, 0.2) is 0 Å². The zero-order valence-corrected chi connectivity index (χ0v) is 17.1. The van der Waals surface area contributed by atoms with E-state index in [4.69, 9.17) is 0 Å². The van der Waals surface area contributed by atoms with Gasteiger partial charge in [-0.2, -0.15) is 0 Å². The van der Waals surface area contributed by atoms with Crippen molar-refractivity contribution in [1.29, 1.82) is 0 Å². The van der Waals surface area contributed by atoms with Gasteiger partial charge in [-0.25, -0.2) is 0 Å². The van der Waals surface area contributed by atoms with Gasteiger partial charge < -0.3 is 15.1 Å². The van der Waals surface area contributed by atoms with Crippen molar-refractivity contribution in [3.05, 3.63) is 48.0 Å². The lowest BCUT2D eigenvalue weighted by Gasteiger charge is -2.18. The molecule has 1 fully saturated rings. The second-order valence-corrected chi connectivity index (χ2v) is 8.15. The SMILES string of the molecule is CCN1CCc2ccc(NC(=O)C3CC(=O)N(c4ccc(SC)cc4)C3)cc21. The molecule has 6 heteroatoms. The number of fused-ring (bicyclic) bond motifs is 1. The molecule has 2 aromatic carbocycles. The van der Waals surface area contributed by atoms with Crippen molar-refractivity contribution in [3.8, 4) is 0 Å². The number of hydrogen-bond acceptors (Lipinski definition) is 4. The van der Waals surface area contributed by atoms with E-state index in [0.717, 1.165) is 35.8 Å². The molecule has 0 aliphatic carbocycles. The van der Waals surface area contributed by atoms with Crippen molar-refractivity contribution in [3.63, 3.8) is 0 Å². The number of carbonyl (C=O) groups excluding carboxylic acids is 2. The quantitative estimate of drug-likeness (QED) is 0.783. The summed E-state index contributed by atoms with van der Waals surface area (Å²) in [5, 5.41) is 3.02. The Kier molecular flexibility index (Phi) is 5.31. The summed E-state index contributed by atoms with van der Waals surface area (Å²) in [5.41, 5.74) is 4.20. The van der Waals surface area contributed by atoms with Crippen molar-refractivity contribution >= 4 is 40.6 Å². The number of nitrogens with one attached hydrogen (secondary N) is 1. The maximum Gasteiger partial charge on any atom is 0.229 e. The van der Waals surface area contributed by atoms with Gasteiger partial charge in [-0.3, -0.25) is 9.59 Å². The first-order valence-corrected chi connectivity index (χ1v) is 10.9. The van der Waals surface area contributed by atoms with Crippen molar-refractivity contribution in [2.24, 2.45) is 5.92 Å². The molecule has 0 aromatic heterocycles. The molecule has 1 atom stereocenters. The average molecular weight is 396 g/mol. The Morgan fingerprint density at radius 3 is 2.71 bits per heavy atom. The second kappa shape index (κ2) is 7.87. The highest BCUT2D eigenvalue weighted by Gasteiger charge is 2.35. The van der Waals surface area contributed by atoms with Crippen LogP contribution in [0.3, 0.4) is 0 Å². The highest BCUT2D eigenvalue weighted by Crippen LogP contribution is 2.32. The average Bonchev–Trinajstić information content (AvgIpc) is 3.31. The van der Waals surface area contributed by atoms with Crippen LogP contribution in [0.4, 0.5) is 17.1 Å². The first-order valence-electron chi connectivity index (χ1n) is 9.72. The van der Waals surface area contributed by atoms with E-state index in [2.05, 4.69) is 29.3 Å². The summed E-state index contributed by atoms with van der Waals surface area (Å²) >= 11 is 1.67. The third-order valence-electron chi connectivity index (χ3n) is 5.61. The Balaban J connectivity index is 1.44. The predicted molar refractivity (Wildman–Crippen MR) is 115 cm³/mol. The number of hydrogen-bond donors (Lipinski definition) is 1. The Morgan fingerprint density at radius 1 is 1.21 bits per heavy atom. The van der Waals surface area contributed by atoms with Crippen molar-refractivity contribution in [1.82, 2.24) is 0 Å². The molecule has 4 rings (SSSR count). The summed E-state index contributed by atoms with van der Waals surface area (Å²) in [6.07, 6.45) is 3.33. The minimum absolute atomic E-state index is 0.00293. The van der Waals surface area contributed by atoms with Crippen molar-refractivity contribution < 1.29 is 9.59 Å². The van der Waals surface area contributed by atoms with Crippen LogP contribution >= 0.6 is 11.8 Å². The van der Waals surface area contributed by atoms with Crippen LogP contribution in [0.1, 0.15) is 18.9 Å². The first kappa shape index (κ1) is 18.9. The topological polar surface area (TPSA) is 52.7 Å². The fourth-order valence-electron chi connectivity index (χ4n) is 3.99. The lowest BCUT2D eigenvalue weighted by molar-refractivity contribution is -0.122. The highest BCUT2D eigenvalue weighted by molar-refractivity contribution is 7.98. The van der Waals surface area contributed by atoms with Crippen LogP contribution in [0.15, 0.2) is 47.4 Å². The number of thioether (sulfide) groups is 1. The zero-order valence-electron chi connectivity index (χ0n) is 16.3. The molecule has 0 saturated carbocycles. The number of carbonyl (C=O) groups is 2. The Bertz CT molecular complexity index is 897. The fourth-order valence-corrected chi connectivity index (χ4v) is 4.40. The number of nitrogens with zero attached hydrogens (tertiary/aromatic N) is 2. The van der Waals surface area contributed by atoms with E-state index in [-0.39, 0.29) is 24.2 Å². The Morgan fingerprint density at radius 2 is 2.00 bits per heavy atom. The number of amides is 2. The van der Waals surface area contributed by atoms with E-state index < -0.39 is 0 Å². The molecule has 2 aromatic rings. The molecule has 2 heterocycles. The highest BCUT2D eigenvalue weighted by atomic mass is 32.2. The molecular weight excluding hydrogens is 370 g/mol. The van der Waals surface area contributed by atoms with Gasteiger partial charge in [0.25, 0.3) is 0 Å². The van der Waals surface area contributed by atoms with Crippen LogP contribution < -0.4 is 15.1 Å². The first-order chi connectivity index (χ1) is 13.6. The maximum atomic E-state index is 12.8. The monoisotopic (exact) mass is 395 g/mol. The predicted octanol–water partition coefficient (Wildman–Crippen LogP) is 3.78. The van der Waals surface area contributed by atoms with E-state index in [1.165, 1.54) is 11.3 Å². The minimum Gasteiger partial charge on any atom is -0.371 e. The van der Waals surface area contributed by atoms with Gasteiger partial charge in [-0.1, -0.05) is 6.07 Å². The smallest absolute Gasteiger partial charge is 0.229 e. The largest absolute Gasteiger partial charge is 0.371 e. The lowest BCUT2D eigenvalue weighted by atomic mass is 10.1.